The van der Waals surface area contributed by atoms with Crippen LogP contribution in [0.3, 0.4) is 0 Å². The summed E-state index contributed by atoms with van der Waals surface area (Å²) in [5.41, 5.74) is 1.11. The highest BCUT2D eigenvalue weighted by Gasteiger charge is 1.92. The predicted octanol–water partition coefficient (Wildman–Crippen LogP) is 3.96. The van der Waals surface area contributed by atoms with Gasteiger partial charge in [0.25, 0.3) is 0 Å². The summed E-state index contributed by atoms with van der Waals surface area (Å²) in [4.78, 5) is 0. The quantitative estimate of drug-likeness (QED) is 0.665. The highest BCUT2D eigenvalue weighted by Crippen LogP contribution is 2.19. The first-order chi connectivity index (χ1) is 5.20. The molecule has 0 aliphatic heterocycles. The molecule has 0 amide bonds. The van der Waals surface area contributed by atoms with E-state index in [0.29, 0.717) is 0 Å². The van der Waals surface area contributed by atoms with Crippen LogP contribution in [0.5, 0.6) is 0 Å². The highest BCUT2D eigenvalue weighted by atomic mass is 79.9. The minimum absolute atomic E-state index is 0.810. The van der Waals surface area contributed by atoms with Gasteiger partial charge in [-0.05, 0) is 30.9 Å². The lowest BCUT2D eigenvalue weighted by atomic mass is 10.2. The van der Waals surface area contributed by atoms with Gasteiger partial charge in [-0.2, -0.15) is 12.6 Å². The molecule has 0 bridgehead atoms. The first-order valence-electron chi connectivity index (χ1n) is 3.06. The van der Waals surface area contributed by atoms with Gasteiger partial charge in [-0.3, -0.25) is 0 Å². The van der Waals surface area contributed by atoms with E-state index in [9.17, 15) is 0 Å². The van der Waals surface area contributed by atoms with Gasteiger partial charge in [0.15, 0.2) is 0 Å². The van der Waals surface area contributed by atoms with Gasteiger partial charge in [0.1, 0.15) is 0 Å². The third kappa shape index (κ3) is 4.04. The van der Waals surface area contributed by atoms with Crippen LogP contribution in [0, 0.1) is 6.92 Å². The van der Waals surface area contributed by atoms with E-state index in [2.05, 4.69) is 28.6 Å². The molecule has 3 heteroatoms. The zero-order valence-electron chi connectivity index (χ0n) is 6.44. The van der Waals surface area contributed by atoms with Crippen molar-refractivity contribution in [1.82, 2.24) is 0 Å². The second-order valence-corrected chi connectivity index (χ2v) is 3.22. The summed E-state index contributed by atoms with van der Waals surface area (Å²) in [5, 5.41) is 0.810. The monoisotopic (exact) mass is 252 g/mol. The SMILES string of the molecule is CS.Cc1ccc(Br)cc1Cl. The summed E-state index contributed by atoms with van der Waals surface area (Å²) in [6.07, 6.45) is 1.69. The van der Waals surface area contributed by atoms with Crippen molar-refractivity contribution in [2.75, 3.05) is 6.26 Å². The van der Waals surface area contributed by atoms with Crippen LogP contribution in [0.25, 0.3) is 0 Å². The van der Waals surface area contributed by atoms with E-state index in [-0.39, 0.29) is 0 Å². The van der Waals surface area contributed by atoms with Gasteiger partial charge in [0.05, 0.1) is 0 Å². The maximum atomic E-state index is 5.78. The first-order valence-corrected chi connectivity index (χ1v) is 5.13. The van der Waals surface area contributed by atoms with Crippen molar-refractivity contribution in [3.05, 3.63) is 33.3 Å². The molecule has 0 aliphatic carbocycles. The molecular formula is C8H10BrClS. The minimum Gasteiger partial charge on any atom is -0.183 e. The van der Waals surface area contributed by atoms with E-state index >= 15 is 0 Å². The molecule has 11 heavy (non-hydrogen) atoms. The molecule has 0 aliphatic rings. The summed E-state index contributed by atoms with van der Waals surface area (Å²) in [5.74, 6) is 0. The lowest BCUT2D eigenvalue weighted by Crippen LogP contribution is -1.72. The van der Waals surface area contributed by atoms with E-state index in [1.165, 1.54) is 0 Å². The Morgan fingerprint density at radius 1 is 1.36 bits per heavy atom. The summed E-state index contributed by atoms with van der Waals surface area (Å²) < 4.78 is 1.03. The third-order valence-corrected chi connectivity index (χ3v) is 2.03. The maximum Gasteiger partial charge on any atom is 0.0446 e. The van der Waals surface area contributed by atoms with Crippen LogP contribution < -0.4 is 0 Å². The normalized spacial score (nSPS) is 8.45. The summed E-state index contributed by atoms with van der Waals surface area (Å²) >= 11 is 12.6. The van der Waals surface area contributed by atoms with Crippen LogP contribution >= 0.6 is 40.2 Å². The Balaban J connectivity index is 0.000000461. The number of benzene rings is 1. The van der Waals surface area contributed by atoms with Gasteiger partial charge >= 0.3 is 0 Å². The van der Waals surface area contributed by atoms with E-state index in [1.807, 2.05) is 25.1 Å². The second kappa shape index (κ2) is 5.92. The van der Waals surface area contributed by atoms with Crippen molar-refractivity contribution >= 4 is 40.2 Å². The molecule has 0 saturated heterocycles. The number of thiol groups is 1. The van der Waals surface area contributed by atoms with Crippen molar-refractivity contribution in [1.29, 1.82) is 0 Å². The van der Waals surface area contributed by atoms with Crippen molar-refractivity contribution < 1.29 is 0 Å². The molecule has 0 radical (unpaired) electrons. The van der Waals surface area contributed by atoms with Gasteiger partial charge in [0, 0.05) is 9.50 Å². The lowest BCUT2D eigenvalue weighted by molar-refractivity contribution is 1.46. The average molecular weight is 254 g/mol. The van der Waals surface area contributed by atoms with Crippen LogP contribution in [0.1, 0.15) is 5.56 Å². The standard InChI is InChI=1S/C7H6BrCl.CH4S/c1-5-2-3-6(8)4-7(5)9;1-2/h2-4H,1H3;2H,1H3. The lowest BCUT2D eigenvalue weighted by Gasteiger charge is -1.95. The Labute approximate surface area is 86.5 Å². The molecule has 1 aromatic rings. The number of rotatable bonds is 0. The largest absolute Gasteiger partial charge is 0.183 e. The maximum absolute atomic E-state index is 5.78. The van der Waals surface area contributed by atoms with Gasteiger partial charge in [-0.1, -0.05) is 33.6 Å². The van der Waals surface area contributed by atoms with Crippen LogP contribution in [0.4, 0.5) is 0 Å². The summed E-state index contributed by atoms with van der Waals surface area (Å²) in [6, 6.07) is 5.84. The fourth-order valence-electron chi connectivity index (χ4n) is 0.567. The fourth-order valence-corrected chi connectivity index (χ4v) is 1.24. The van der Waals surface area contributed by atoms with Crippen LogP contribution in [0.15, 0.2) is 22.7 Å². The van der Waals surface area contributed by atoms with E-state index in [1.54, 1.807) is 6.26 Å². The molecule has 0 nitrogen and oxygen atoms in total. The average Bonchev–Trinajstić information content (AvgIpc) is 2.02. The Morgan fingerprint density at radius 2 is 1.91 bits per heavy atom. The zero-order valence-corrected chi connectivity index (χ0v) is 9.67. The fraction of sp³-hybridized carbons (Fsp3) is 0.250. The summed E-state index contributed by atoms with van der Waals surface area (Å²) in [7, 11) is 0. The molecule has 0 N–H and O–H groups in total. The molecule has 0 unspecified atom stereocenters. The van der Waals surface area contributed by atoms with Gasteiger partial charge in [-0.15, -0.1) is 0 Å². The van der Waals surface area contributed by atoms with Gasteiger partial charge < -0.3 is 0 Å². The smallest absolute Gasteiger partial charge is 0.0446 e. The summed E-state index contributed by atoms with van der Waals surface area (Å²) in [6.45, 7) is 1.98. The molecule has 1 rings (SSSR count). The van der Waals surface area contributed by atoms with E-state index in [4.69, 9.17) is 11.6 Å². The molecule has 0 fully saturated rings. The Hall–Kier alpha value is 0.340. The number of halogens is 2. The minimum atomic E-state index is 0.810. The van der Waals surface area contributed by atoms with Crippen LogP contribution in [0.2, 0.25) is 5.02 Å². The van der Waals surface area contributed by atoms with Crippen molar-refractivity contribution in [2.24, 2.45) is 0 Å². The molecule has 0 spiro atoms. The molecule has 0 saturated carbocycles. The zero-order chi connectivity index (χ0) is 8.85. The highest BCUT2D eigenvalue weighted by molar-refractivity contribution is 9.10. The molecule has 1 aromatic carbocycles. The Bertz CT molecular complexity index is 225. The van der Waals surface area contributed by atoms with Crippen molar-refractivity contribution in [2.45, 2.75) is 6.92 Å². The Kier molecular flexibility index (Phi) is 6.11. The van der Waals surface area contributed by atoms with Crippen molar-refractivity contribution in [3.8, 4) is 0 Å². The van der Waals surface area contributed by atoms with Gasteiger partial charge in [-0.25, -0.2) is 0 Å². The van der Waals surface area contributed by atoms with E-state index < -0.39 is 0 Å². The molecule has 0 atom stereocenters. The molecule has 62 valence electrons. The van der Waals surface area contributed by atoms with Crippen molar-refractivity contribution in [3.63, 3.8) is 0 Å². The topological polar surface area (TPSA) is 0 Å². The van der Waals surface area contributed by atoms with Crippen LogP contribution in [-0.4, -0.2) is 6.26 Å². The predicted molar refractivity (Wildman–Crippen MR) is 58.8 cm³/mol. The van der Waals surface area contributed by atoms with Gasteiger partial charge in [0.2, 0.25) is 0 Å². The Morgan fingerprint density at radius 3 is 2.27 bits per heavy atom. The number of hydrogen-bond donors (Lipinski definition) is 1. The number of hydrogen-bond acceptors (Lipinski definition) is 1. The molecule has 0 heterocycles. The molecular weight excluding hydrogens is 244 g/mol. The van der Waals surface area contributed by atoms with E-state index in [0.717, 1.165) is 15.1 Å². The van der Waals surface area contributed by atoms with Crippen LogP contribution in [-0.2, 0) is 0 Å². The third-order valence-electron chi connectivity index (χ3n) is 1.13. The second-order valence-electron chi connectivity index (χ2n) is 1.89. The molecule has 0 aromatic heterocycles. The number of aryl methyl sites for hydroxylation is 1. The first kappa shape index (κ1) is 11.3.